The Bertz CT molecular complexity index is 748. The van der Waals surface area contributed by atoms with Crippen LogP contribution in [0.5, 0.6) is 0 Å². The molecule has 0 aliphatic carbocycles. The SMILES string of the molecule is Cc1cccc(C)c1C(Br)Cc1cccc2ccccc12. The lowest BCUT2D eigenvalue weighted by Crippen LogP contribution is -2.01. The van der Waals surface area contributed by atoms with Gasteiger partial charge >= 0.3 is 0 Å². The Morgan fingerprint density at radius 1 is 0.810 bits per heavy atom. The standard InChI is InChI=1S/C20H19Br/c1-14-7-5-8-15(2)20(14)19(21)13-17-11-6-10-16-9-3-4-12-18(16)17/h3-12,19H,13H2,1-2H3. The van der Waals surface area contributed by atoms with E-state index in [-0.39, 0.29) is 0 Å². The predicted octanol–water partition coefficient (Wildman–Crippen LogP) is 6.14. The minimum absolute atomic E-state index is 0.351. The highest BCUT2D eigenvalue weighted by molar-refractivity contribution is 9.09. The third-order valence-electron chi connectivity index (χ3n) is 4.13. The summed E-state index contributed by atoms with van der Waals surface area (Å²) in [7, 11) is 0. The Morgan fingerprint density at radius 2 is 1.43 bits per heavy atom. The van der Waals surface area contributed by atoms with Crippen LogP contribution in [0.25, 0.3) is 10.8 Å². The molecule has 1 atom stereocenters. The molecule has 21 heavy (non-hydrogen) atoms. The van der Waals surface area contributed by atoms with Gasteiger partial charge in [-0.05, 0) is 53.3 Å². The van der Waals surface area contributed by atoms with Gasteiger partial charge in [-0.15, -0.1) is 0 Å². The minimum atomic E-state index is 0.351. The summed E-state index contributed by atoms with van der Waals surface area (Å²) >= 11 is 3.91. The number of halogens is 1. The van der Waals surface area contributed by atoms with Gasteiger partial charge in [-0.2, -0.15) is 0 Å². The second kappa shape index (κ2) is 6.03. The molecule has 1 heteroatoms. The summed E-state index contributed by atoms with van der Waals surface area (Å²) in [6.45, 7) is 4.39. The van der Waals surface area contributed by atoms with Crippen LogP contribution in [0.1, 0.15) is 27.1 Å². The number of rotatable bonds is 3. The third kappa shape index (κ3) is 2.89. The first-order valence-corrected chi connectivity index (χ1v) is 8.25. The molecule has 0 aromatic heterocycles. The van der Waals surface area contributed by atoms with E-state index < -0.39 is 0 Å². The maximum atomic E-state index is 3.91. The molecule has 0 spiro atoms. The largest absolute Gasteiger partial charge is 0.0835 e. The molecule has 0 bridgehead atoms. The second-order valence-electron chi connectivity index (χ2n) is 5.62. The van der Waals surface area contributed by atoms with Crippen LogP contribution in [-0.4, -0.2) is 0 Å². The van der Waals surface area contributed by atoms with Crippen molar-refractivity contribution in [3.63, 3.8) is 0 Å². The first-order chi connectivity index (χ1) is 10.2. The minimum Gasteiger partial charge on any atom is -0.0835 e. The van der Waals surface area contributed by atoms with Gasteiger partial charge in [0.25, 0.3) is 0 Å². The molecule has 0 nitrogen and oxygen atoms in total. The highest BCUT2D eigenvalue weighted by Gasteiger charge is 2.14. The molecule has 0 saturated carbocycles. The number of hydrogen-bond donors (Lipinski definition) is 0. The van der Waals surface area contributed by atoms with Gasteiger partial charge in [0.05, 0.1) is 0 Å². The van der Waals surface area contributed by atoms with E-state index in [0.29, 0.717) is 4.83 Å². The van der Waals surface area contributed by atoms with Crippen molar-refractivity contribution in [3.8, 4) is 0 Å². The molecular weight excluding hydrogens is 320 g/mol. The second-order valence-corrected chi connectivity index (χ2v) is 6.72. The summed E-state index contributed by atoms with van der Waals surface area (Å²) in [4.78, 5) is 0.351. The molecule has 106 valence electrons. The zero-order valence-corrected chi connectivity index (χ0v) is 14.0. The van der Waals surface area contributed by atoms with Crippen LogP contribution in [0, 0.1) is 13.8 Å². The van der Waals surface area contributed by atoms with Crippen molar-refractivity contribution in [2.75, 3.05) is 0 Å². The van der Waals surface area contributed by atoms with Gasteiger partial charge in [0, 0.05) is 4.83 Å². The van der Waals surface area contributed by atoms with Crippen molar-refractivity contribution in [2.45, 2.75) is 25.1 Å². The fourth-order valence-corrected chi connectivity index (χ4v) is 4.16. The fraction of sp³-hybridized carbons (Fsp3) is 0.200. The van der Waals surface area contributed by atoms with Crippen LogP contribution < -0.4 is 0 Å². The molecular formula is C20H19Br. The molecule has 0 N–H and O–H groups in total. The Morgan fingerprint density at radius 3 is 2.19 bits per heavy atom. The number of alkyl halides is 1. The van der Waals surface area contributed by atoms with E-state index in [0.717, 1.165) is 6.42 Å². The van der Waals surface area contributed by atoms with Crippen LogP contribution >= 0.6 is 15.9 Å². The number of aryl methyl sites for hydroxylation is 2. The van der Waals surface area contributed by atoms with Crippen molar-refractivity contribution in [2.24, 2.45) is 0 Å². The average Bonchev–Trinajstić information content (AvgIpc) is 2.47. The van der Waals surface area contributed by atoms with Crippen molar-refractivity contribution < 1.29 is 0 Å². The normalized spacial score (nSPS) is 12.5. The molecule has 0 fully saturated rings. The summed E-state index contributed by atoms with van der Waals surface area (Å²) in [5.41, 5.74) is 5.54. The molecule has 0 heterocycles. The zero-order valence-electron chi connectivity index (χ0n) is 12.4. The van der Waals surface area contributed by atoms with E-state index in [2.05, 4.69) is 90.4 Å². The Kier molecular flexibility index (Phi) is 4.12. The number of hydrogen-bond acceptors (Lipinski definition) is 0. The smallest absolute Gasteiger partial charge is 0.0441 e. The van der Waals surface area contributed by atoms with E-state index in [9.17, 15) is 0 Å². The molecule has 3 aromatic carbocycles. The highest BCUT2D eigenvalue weighted by atomic mass is 79.9. The predicted molar refractivity (Wildman–Crippen MR) is 95.2 cm³/mol. The van der Waals surface area contributed by atoms with Gasteiger partial charge < -0.3 is 0 Å². The van der Waals surface area contributed by atoms with E-state index in [1.165, 1.54) is 33.0 Å². The van der Waals surface area contributed by atoms with E-state index in [1.807, 2.05) is 0 Å². The molecule has 1 unspecified atom stereocenters. The summed E-state index contributed by atoms with van der Waals surface area (Å²) in [5.74, 6) is 0. The molecule has 0 aliphatic rings. The lowest BCUT2D eigenvalue weighted by atomic mass is 9.94. The van der Waals surface area contributed by atoms with E-state index >= 15 is 0 Å². The molecule has 0 radical (unpaired) electrons. The summed E-state index contributed by atoms with van der Waals surface area (Å²) < 4.78 is 0. The fourth-order valence-electron chi connectivity index (χ4n) is 3.09. The van der Waals surface area contributed by atoms with Crippen LogP contribution in [0.2, 0.25) is 0 Å². The lowest BCUT2D eigenvalue weighted by molar-refractivity contribution is 0.934. The van der Waals surface area contributed by atoms with Crippen molar-refractivity contribution in [1.29, 1.82) is 0 Å². The van der Waals surface area contributed by atoms with Gasteiger partial charge in [-0.25, -0.2) is 0 Å². The zero-order chi connectivity index (χ0) is 14.8. The summed E-state index contributed by atoms with van der Waals surface area (Å²) in [6.07, 6.45) is 1.01. The maximum Gasteiger partial charge on any atom is 0.0441 e. The van der Waals surface area contributed by atoms with Crippen molar-refractivity contribution in [3.05, 3.63) is 82.9 Å². The highest BCUT2D eigenvalue weighted by Crippen LogP contribution is 2.33. The first-order valence-electron chi connectivity index (χ1n) is 7.33. The van der Waals surface area contributed by atoms with Gasteiger partial charge in [-0.1, -0.05) is 76.6 Å². The van der Waals surface area contributed by atoms with Gasteiger partial charge in [0.1, 0.15) is 0 Å². The Hall–Kier alpha value is -1.60. The lowest BCUT2D eigenvalue weighted by Gasteiger charge is -2.17. The quantitative estimate of drug-likeness (QED) is 0.503. The number of benzene rings is 3. The third-order valence-corrected chi connectivity index (χ3v) is 4.92. The molecule has 0 saturated heterocycles. The van der Waals surface area contributed by atoms with Crippen LogP contribution in [0.3, 0.4) is 0 Å². The van der Waals surface area contributed by atoms with Crippen molar-refractivity contribution in [1.82, 2.24) is 0 Å². The van der Waals surface area contributed by atoms with Gasteiger partial charge in [0.15, 0.2) is 0 Å². The summed E-state index contributed by atoms with van der Waals surface area (Å²) in [6, 6.07) is 21.7. The maximum absolute atomic E-state index is 3.91. The van der Waals surface area contributed by atoms with Crippen LogP contribution in [0.15, 0.2) is 60.7 Å². The molecule has 3 rings (SSSR count). The first kappa shape index (κ1) is 14.3. The van der Waals surface area contributed by atoms with Gasteiger partial charge in [-0.3, -0.25) is 0 Å². The monoisotopic (exact) mass is 338 g/mol. The van der Waals surface area contributed by atoms with E-state index in [1.54, 1.807) is 0 Å². The molecule has 0 aliphatic heterocycles. The van der Waals surface area contributed by atoms with Gasteiger partial charge in [0.2, 0.25) is 0 Å². The topological polar surface area (TPSA) is 0 Å². The molecule has 3 aromatic rings. The number of fused-ring (bicyclic) bond motifs is 1. The molecule has 0 amide bonds. The Labute approximate surface area is 134 Å². The summed E-state index contributed by atoms with van der Waals surface area (Å²) in [5, 5.41) is 2.67. The Balaban J connectivity index is 1.99. The van der Waals surface area contributed by atoms with Crippen LogP contribution in [0.4, 0.5) is 0 Å². The van der Waals surface area contributed by atoms with E-state index in [4.69, 9.17) is 0 Å². The van der Waals surface area contributed by atoms with Crippen molar-refractivity contribution >= 4 is 26.7 Å². The average molecular weight is 339 g/mol. The van der Waals surface area contributed by atoms with Crippen LogP contribution in [-0.2, 0) is 6.42 Å².